The van der Waals surface area contributed by atoms with Crippen molar-refractivity contribution in [1.82, 2.24) is 4.57 Å². The van der Waals surface area contributed by atoms with Crippen LogP contribution in [0.25, 0.3) is 6.08 Å². The Bertz CT molecular complexity index is 1910. The maximum atomic E-state index is 14.0. The lowest BCUT2D eigenvalue weighted by Gasteiger charge is -2.25. The summed E-state index contributed by atoms with van der Waals surface area (Å²) in [5, 5.41) is 0.665. The van der Waals surface area contributed by atoms with E-state index >= 15 is 0 Å². The van der Waals surface area contributed by atoms with E-state index in [9.17, 15) is 9.59 Å². The predicted molar refractivity (Wildman–Crippen MR) is 182 cm³/mol. The number of nitrogens with zero attached hydrogens (tertiary/aromatic N) is 2. The van der Waals surface area contributed by atoms with Crippen LogP contribution < -0.4 is 24.4 Å². The number of carbonyl (C=O) groups excluding carboxylic acids is 1. The second-order valence-electron chi connectivity index (χ2n) is 10.6. The molecule has 0 aliphatic carbocycles. The smallest absolute Gasteiger partial charge is 0.338 e. The van der Waals surface area contributed by atoms with Gasteiger partial charge in [-0.25, -0.2) is 9.79 Å². The number of hydrogen-bond donors (Lipinski definition) is 0. The Kier molecular flexibility index (Phi) is 9.97. The van der Waals surface area contributed by atoms with Crippen molar-refractivity contribution in [2.24, 2.45) is 4.99 Å². The van der Waals surface area contributed by atoms with Gasteiger partial charge in [0.15, 0.2) is 16.3 Å². The minimum atomic E-state index is -0.660. The number of fused-ring (bicyclic) bond motifs is 1. The lowest BCUT2D eigenvalue weighted by atomic mass is 9.93. The number of ether oxygens (including phenoxy) is 3. The first-order chi connectivity index (χ1) is 21.1. The van der Waals surface area contributed by atoms with Crippen LogP contribution in [0, 0.1) is 3.57 Å². The van der Waals surface area contributed by atoms with E-state index in [0.717, 1.165) is 20.3 Å². The Hall–Kier alpha value is -3.41. The number of hydrogen-bond acceptors (Lipinski definition) is 7. The topological polar surface area (TPSA) is 79.1 Å². The number of carbonyl (C=O) groups is 1. The molecule has 0 fully saturated rings. The summed E-state index contributed by atoms with van der Waals surface area (Å²) in [5.41, 5.74) is 4.39. The molecule has 1 aliphatic rings. The van der Waals surface area contributed by atoms with E-state index in [-0.39, 0.29) is 12.2 Å². The SMILES string of the molecule is CCOC(=O)C1=C(C)N=c2s/c(=C/c3cc(I)c(OCc4ccc(Cl)cc4)c(OC)c3)c(=O)n2C1c1ccc(C(C)C)cc1. The second-order valence-corrected chi connectivity index (χ2v) is 13.2. The summed E-state index contributed by atoms with van der Waals surface area (Å²) < 4.78 is 20.1. The van der Waals surface area contributed by atoms with Gasteiger partial charge in [-0.2, -0.15) is 0 Å². The van der Waals surface area contributed by atoms with Crippen LogP contribution in [0.3, 0.4) is 0 Å². The van der Waals surface area contributed by atoms with Crippen molar-refractivity contribution >= 4 is 57.6 Å². The Balaban J connectivity index is 1.57. The molecule has 7 nitrogen and oxygen atoms in total. The molecule has 10 heteroatoms. The molecule has 0 spiro atoms. The van der Waals surface area contributed by atoms with Crippen LogP contribution in [0.4, 0.5) is 0 Å². The van der Waals surface area contributed by atoms with Crippen molar-refractivity contribution in [3.63, 3.8) is 0 Å². The first kappa shape index (κ1) is 32.0. The second kappa shape index (κ2) is 13.7. The van der Waals surface area contributed by atoms with E-state index in [0.29, 0.717) is 49.7 Å². The van der Waals surface area contributed by atoms with Gasteiger partial charge in [-0.3, -0.25) is 9.36 Å². The average Bonchev–Trinajstić information content (AvgIpc) is 3.30. The fourth-order valence-corrected chi connectivity index (χ4v) is 6.97. The molecule has 1 unspecified atom stereocenters. The zero-order chi connectivity index (χ0) is 31.5. The van der Waals surface area contributed by atoms with Crippen LogP contribution >= 0.6 is 45.5 Å². The molecule has 1 aromatic heterocycles. The molecule has 0 radical (unpaired) electrons. The van der Waals surface area contributed by atoms with Crippen LogP contribution in [0.15, 0.2) is 81.7 Å². The molecule has 44 heavy (non-hydrogen) atoms. The van der Waals surface area contributed by atoms with Gasteiger partial charge < -0.3 is 14.2 Å². The van der Waals surface area contributed by atoms with Gasteiger partial charge in [0.2, 0.25) is 0 Å². The highest BCUT2D eigenvalue weighted by Crippen LogP contribution is 2.35. The van der Waals surface area contributed by atoms with E-state index in [4.69, 9.17) is 25.8 Å². The molecule has 4 aromatic rings. The fraction of sp³-hybridized carbons (Fsp3) is 0.265. The average molecular weight is 743 g/mol. The number of allylic oxidation sites excluding steroid dienone is 1. The monoisotopic (exact) mass is 742 g/mol. The van der Waals surface area contributed by atoms with E-state index in [1.165, 1.54) is 16.9 Å². The summed E-state index contributed by atoms with van der Waals surface area (Å²) in [5.74, 6) is 1.03. The van der Waals surface area contributed by atoms with E-state index in [1.54, 1.807) is 25.5 Å². The molecule has 0 N–H and O–H groups in total. The summed E-state index contributed by atoms with van der Waals surface area (Å²) in [7, 11) is 1.59. The van der Waals surface area contributed by atoms with E-state index < -0.39 is 12.0 Å². The Morgan fingerprint density at radius 3 is 2.48 bits per heavy atom. The highest BCUT2D eigenvalue weighted by Gasteiger charge is 2.33. The Morgan fingerprint density at radius 1 is 1.14 bits per heavy atom. The molecular weight excluding hydrogens is 711 g/mol. The van der Waals surface area contributed by atoms with Crippen LogP contribution in [0.1, 0.15) is 61.9 Å². The molecule has 0 amide bonds. The molecule has 228 valence electrons. The number of thiazole rings is 1. The maximum absolute atomic E-state index is 14.0. The summed E-state index contributed by atoms with van der Waals surface area (Å²) in [6.07, 6.45) is 1.82. The number of benzene rings is 3. The molecule has 0 bridgehead atoms. The summed E-state index contributed by atoms with van der Waals surface area (Å²) in [4.78, 5) is 32.4. The van der Waals surface area contributed by atoms with Crippen LogP contribution in [-0.2, 0) is 16.1 Å². The number of halogens is 2. The van der Waals surface area contributed by atoms with E-state index in [2.05, 4.69) is 41.4 Å². The third-order valence-electron chi connectivity index (χ3n) is 7.28. The first-order valence-corrected chi connectivity index (χ1v) is 16.4. The Labute approximate surface area is 278 Å². The van der Waals surface area contributed by atoms with E-state index in [1.807, 2.05) is 66.7 Å². The van der Waals surface area contributed by atoms with Gasteiger partial charge in [-0.15, -0.1) is 0 Å². The quantitative estimate of drug-likeness (QED) is 0.140. The standard InChI is InChI=1S/C34H32ClIN2O5S/c1-6-42-33(40)29-20(4)37-34-38(30(29)24-11-9-23(10-12-24)19(2)3)32(39)28(44-34)17-22-15-26(36)31(27(16-22)41-5)43-18-21-7-13-25(35)14-8-21/h7-17,19,30H,6,18H2,1-5H3/b28-17+. The number of aromatic nitrogens is 1. The van der Waals surface area contributed by atoms with Gasteiger partial charge >= 0.3 is 5.97 Å². The summed E-state index contributed by atoms with van der Waals surface area (Å²) in [6, 6.07) is 18.6. The van der Waals surface area contributed by atoms with Crippen molar-refractivity contribution in [2.75, 3.05) is 13.7 Å². The maximum Gasteiger partial charge on any atom is 0.338 e. The van der Waals surface area contributed by atoms with Gasteiger partial charge in [0.1, 0.15) is 6.61 Å². The van der Waals surface area contributed by atoms with Crippen LogP contribution in [0.5, 0.6) is 11.5 Å². The molecule has 5 rings (SSSR count). The molecule has 1 aliphatic heterocycles. The zero-order valence-corrected chi connectivity index (χ0v) is 28.7. The largest absolute Gasteiger partial charge is 0.493 e. The highest BCUT2D eigenvalue weighted by atomic mass is 127. The van der Waals surface area contributed by atoms with Gasteiger partial charge in [0.05, 0.1) is 39.1 Å². The molecule has 0 saturated carbocycles. The lowest BCUT2D eigenvalue weighted by molar-refractivity contribution is -0.139. The fourth-order valence-electron chi connectivity index (χ4n) is 5.02. The minimum Gasteiger partial charge on any atom is -0.493 e. The normalized spacial score (nSPS) is 14.8. The van der Waals surface area contributed by atoms with Crippen molar-refractivity contribution in [3.8, 4) is 11.5 Å². The molecule has 1 atom stereocenters. The van der Waals surface area contributed by atoms with Crippen molar-refractivity contribution in [2.45, 2.75) is 46.3 Å². The lowest BCUT2D eigenvalue weighted by Crippen LogP contribution is -2.39. The van der Waals surface area contributed by atoms with Crippen molar-refractivity contribution in [1.29, 1.82) is 0 Å². The Morgan fingerprint density at radius 2 is 1.84 bits per heavy atom. The molecular formula is C34H32ClIN2O5S. The summed E-state index contributed by atoms with van der Waals surface area (Å²) in [6.45, 7) is 8.37. The van der Waals surface area contributed by atoms with Gasteiger partial charge in [-0.1, -0.05) is 73.2 Å². The van der Waals surface area contributed by atoms with Gasteiger partial charge in [0.25, 0.3) is 5.56 Å². The molecule has 3 aromatic carbocycles. The predicted octanol–water partition coefficient (Wildman–Crippen LogP) is 6.77. The van der Waals surface area contributed by atoms with Crippen molar-refractivity contribution < 1.29 is 19.0 Å². The van der Waals surface area contributed by atoms with Crippen LogP contribution in [-0.4, -0.2) is 24.3 Å². The third kappa shape index (κ3) is 6.64. The van der Waals surface area contributed by atoms with Gasteiger partial charge in [-0.05, 0) is 95.0 Å². The highest BCUT2D eigenvalue weighted by molar-refractivity contribution is 14.1. The minimum absolute atomic E-state index is 0.221. The first-order valence-electron chi connectivity index (χ1n) is 14.2. The molecule has 0 saturated heterocycles. The van der Waals surface area contributed by atoms with Gasteiger partial charge in [0, 0.05) is 5.02 Å². The molecule has 2 heterocycles. The third-order valence-corrected chi connectivity index (χ3v) is 9.32. The summed E-state index contributed by atoms with van der Waals surface area (Å²) >= 11 is 9.50. The number of methoxy groups -OCH3 is 1. The van der Waals surface area contributed by atoms with Crippen LogP contribution in [0.2, 0.25) is 5.02 Å². The number of rotatable bonds is 9. The number of esters is 1. The zero-order valence-electron chi connectivity index (χ0n) is 25.0. The van der Waals surface area contributed by atoms with Crippen molar-refractivity contribution in [3.05, 3.63) is 122 Å².